The molecule has 7 heteroatoms. The Morgan fingerprint density at radius 1 is 1.10 bits per heavy atom. The lowest BCUT2D eigenvalue weighted by atomic mass is 9.91. The van der Waals surface area contributed by atoms with Crippen LogP contribution in [0, 0.1) is 11.8 Å². The average Bonchev–Trinajstić information content (AvgIpc) is 3.17. The Kier molecular flexibility index (Phi) is 8.35. The molecule has 2 heterocycles. The molecule has 0 bridgehead atoms. The summed E-state index contributed by atoms with van der Waals surface area (Å²) in [6, 6.07) is 0. The van der Waals surface area contributed by atoms with E-state index in [0.29, 0.717) is 19.8 Å². The predicted octanol–water partition coefficient (Wildman–Crippen LogP) is 3.98. The molecule has 1 unspecified atom stereocenters. The second-order valence-electron chi connectivity index (χ2n) is 8.80. The number of rotatable bonds is 6. The molecule has 0 spiro atoms. The molecule has 1 atom stereocenters. The summed E-state index contributed by atoms with van der Waals surface area (Å²) in [5.74, 6) is 6.40. The van der Waals surface area contributed by atoms with Gasteiger partial charge in [0.05, 0.1) is 30.6 Å². The maximum atomic E-state index is 11.1. The van der Waals surface area contributed by atoms with Crippen LogP contribution in [0.15, 0.2) is 34.9 Å². The van der Waals surface area contributed by atoms with Crippen molar-refractivity contribution in [3.05, 3.63) is 34.9 Å². The van der Waals surface area contributed by atoms with Crippen molar-refractivity contribution in [1.29, 1.82) is 0 Å². The summed E-state index contributed by atoms with van der Waals surface area (Å²) in [5.41, 5.74) is 3.31. The highest BCUT2D eigenvalue weighted by atomic mass is 32.2. The van der Waals surface area contributed by atoms with E-state index in [1.807, 2.05) is 41.5 Å². The molecule has 30 heavy (non-hydrogen) atoms. The van der Waals surface area contributed by atoms with Gasteiger partial charge in [0.1, 0.15) is 12.7 Å². The smallest absolute Gasteiger partial charge is 0.180 e. The largest absolute Gasteiger partial charge is 0.387 e. The Hall–Kier alpha value is -1.59. The Balaban J connectivity index is 1.96. The van der Waals surface area contributed by atoms with Crippen LogP contribution in [0.2, 0.25) is 0 Å². The molecular weight excluding hydrogens is 398 g/mol. The number of hydrogen-bond acceptors (Lipinski definition) is 6. The Morgan fingerprint density at radius 2 is 1.70 bits per heavy atom. The number of thioether (sulfide) groups is 1. The van der Waals surface area contributed by atoms with E-state index in [4.69, 9.17) is 9.47 Å². The molecule has 1 saturated heterocycles. The molecular formula is C23H35N3O3S. The topological polar surface area (TPSA) is 69.4 Å². The summed E-state index contributed by atoms with van der Waals surface area (Å²) in [7, 11) is 0. The van der Waals surface area contributed by atoms with E-state index >= 15 is 0 Å². The molecule has 1 aromatic heterocycles. The minimum Gasteiger partial charge on any atom is -0.387 e. The van der Waals surface area contributed by atoms with E-state index in [2.05, 4.69) is 35.8 Å². The number of aliphatic hydroxyl groups is 1. The van der Waals surface area contributed by atoms with Gasteiger partial charge in [-0.15, -0.1) is 11.8 Å². The fraction of sp³-hybridized carbons (Fsp3) is 0.652. The van der Waals surface area contributed by atoms with E-state index in [-0.39, 0.29) is 11.5 Å². The first-order valence-electron chi connectivity index (χ1n) is 10.2. The van der Waals surface area contributed by atoms with Gasteiger partial charge in [0.15, 0.2) is 6.29 Å². The third-order valence-electron chi connectivity index (χ3n) is 5.69. The predicted molar refractivity (Wildman–Crippen MR) is 122 cm³/mol. The van der Waals surface area contributed by atoms with Crippen molar-refractivity contribution in [2.24, 2.45) is 0 Å². The van der Waals surface area contributed by atoms with Gasteiger partial charge >= 0.3 is 0 Å². The Morgan fingerprint density at radius 3 is 2.23 bits per heavy atom. The standard InChI is InChI=1S/C23H35N3O3S/c1-16(2)17(3)9-10-18(4)19(5)21-28-11-20(12-29-21)30-22(6,7)23(8,27)13-26-15-24-14-25-26/h14-15,20-21,27H,11-13H2,1-8H3. The van der Waals surface area contributed by atoms with Crippen LogP contribution >= 0.6 is 11.8 Å². The molecule has 1 N–H and O–H groups in total. The molecule has 1 aliphatic heterocycles. The average molecular weight is 434 g/mol. The number of hydrogen-bond donors (Lipinski definition) is 1. The van der Waals surface area contributed by atoms with E-state index in [9.17, 15) is 5.11 Å². The third kappa shape index (κ3) is 6.45. The number of ether oxygens (including phenoxy) is 2. The maximum Gasteiger partial charge on any atom is 0.180 e. The summed E-state index contributed by atoms with van der Waals surface area (Å²) in [5, 5.41) is 15.3. The van der Waals surface area contributed by atoms with Crippen molar-refractivity contribution in [2.45, 2.75) is 83.8 Å². The second kappa shape index (κ2) is 10.1. The fourth-order valence-electron chi connectivity index (χ4n) is 2.76. The van der Waals surface area contributed by atoms with Gasteiger partial charge in [0, 0.05) is 10.3 Å². The zero-order valence-electron chi connectivity index (χ0n) is 19.4. The molecule has 0 saturated carbocycles. The fourth-order valence-corrected chi connectivity index (χ4v) is 4.20. The van der Waals surface area contributed by atoms with Gasteiger partial charge in [-0.25, -0.2) is 4.98 Å². The molecule has 0 radical (unpaired) electrons. The van der Waals surface area contributed by atoms with Gasteiger partial charge in [0.2, 0.25) is 0 Å². The molecule has 1 aromatic rings. The zero-order valence-corrected chi connectivity index (χ0v) is 20.3. The quantitative estimate of drug-likeness (QED) is 0.685. The lowest BCUT2D eigenvalue weighted by Crippen LogP contribution is -2.50. The first-order valence-corrected chi connectivity index (χ1v) is 11.1. The van der Waals surface area contributed by atoms with E-state index in [1.54, 1.807) is 22.8 Å². The number of aromatic nitrogens is 3. The van der Waals surface area contributed by atoms with Crippen molar-refractivity contribution in [2.75, 3.05) is 13.2 Å². The number of nitrogens with zero attached hydrogens (tertiary/aromatic N) is 3. The lowest BCUT2D eigenvalue weighted by Gasteiger charge is -2.42. The summed E-state index contributed by atoms with van der Waals surface area (Å²) in [6.45, 7) is 17.6. The maximum absolute atomic E-state index is 11.1. The van der Waals surface area contributed by atoms with Gasteiger partial charge < -0.3 is 14.6 Å². The van der Waals surface area contributed by atoms with Crippen LogP contribution < -0.4 is 0 Å². The number of allylic oxidation sites excluding steroid dienone is 3. The summed E-state index contributed by atoms with van der Waals surface area (Å²) in [4.78, 5) is 3.95. The molecule has 2 rings (SSSR count). The van der Waals surface area contributed by atoms with Crippen LogP contribution in [0.4, 0.5) is 0 Å². The zero-order chi connectivity index (χ0) is 22.5. The Bertz CT molecular complexity index is 833. The molecule has 0 aliphatic carbocycles. The van der Waals surface area contributed by atoms with Crippen LogP contribution in [0.3, 0.4) is 0 Å². The third-order valence-corrected chi connectivity index (χ3v) is 7.33. The Labute approximate surface area is 185 Å². The lowest BCUT2D eigenvalue weighted by molar-refractivity contribution is -0.153. The highest BCUT2D eigenvalue weighted by molar-refractivity contribution is 8.01. The van der Waals surface area contributed by atoms with E-state index in [0.717, 1.165) is 16.7 Å². The van der Waals surface area contributed by atoms with Crippen molar-refractivity contribution < 1.29 is 14.6 Å². The molecule has 1 aliphatic rings. The van der Waals surface area contributed by atoms with Crippen molar-refractivity contribution in [3.8, 4) is 11.8 Å². The normalized spacial score (nSPS) is 22.4. The molecule has 166 valence electrons. The highest BCUT2D eigenvalue weighted by Crippen LogP contribution is 2.40. The van der Waals surface area contributed by atoms with Crippen LogP contribution in [0.25, 0.3) is 0 Å². The molecule has 0 aromatic carbocycles. The highest BCUT2D eigenvalue weighted by Gasteiger charge is 2.43. The van der Waals surface area contributed by atoms with E-state index in [1.165, 1.54) is 11.9 Å². The van der Waals surface area contributed by atoms with Crippen LogP contribution in [-0.4, -0.2) is 55.0 Å². The van der Waals surface area contributed by atoms with Gasteiger partial charge in [-0.2, -0.15) is 5.10 Å². The van der Waals surface area contributed by atoms with Gasteiger partial charge in [-0.3, -0.25) is 4.68 Å². The van der Waals surface area contributed by atoms with Crippen molar-refractivity contribution >= 4 is 11.8 Å². The van der Waals surface area contributed by atoms with Crippen LogP contribution in [-0.2, 0) is 16.0 Å². The van der Waals surface area contributed by atoms with Gasteiger partial charge in [-0.1, -0.05) is 17.4 Å². The summed E-state index contributed by atoms with van der Waals surface area (Å²) in [6.07, 6.45) is 2.72. The molecule has 0 amide bonds. The first-order chi connectivity index (χ1) is 13.9. The first kappa shape index (κ1) is 24.7. The second-order valence-corrected chi connectivity index (χ2v) is 10.7. The van der Waals surface area contributed by atoms with Crippen LogP contribution in [0.5, 0.6) is 0 Å². The summed E-state index contributed by atoms with van der Waals surface area (Å²) >= 11 is 1.68. The van der Waals surface area contributed by atoms with Crippen molar-refractivity contribution in [3.63, 3.8) is 0 Å². The summed E-state index contributed by atoms with van der Waals surface area (Å²) < 4.78 is 13.2. The monoisotopic (exact) mass is 433 g/mol. The minimum absolute atomic E-state index is 0.130. The molecule has 6 nitrogen and oxygen atoms in total. The molecule has 1 fully saturated rings. The van der Waals surface area contributed by atoms with Crippen LogP contribution in [0.1, 0.15) is 55.4 Å². The van der Waals surface area contributed by atoms with Gasteiger partial charge in [0.25, 0.3) is 0 Å². The van der Waals surface area contributed by atoms with E-state index < -0.39 is 10.3 Å². The minimum atomic E-state index is -0.979. The SMILES string of the molecule is CC(C)=C(C)C#CC(C)=C(C)C1OCC(SC(C)(C)C(C)(O)Cn2cncn2)CO1. The van der Waals surface area contributed by atoms with Gasteiger partial charge in [-0.05, 0) is 66.5 Å². The van der Waals surface area contributed by atoms with Crippen molar-refractivity contribution in [1.82, 2.24) is 14.8 Å².